The highest BCUT2D eigenvalue weighted by molar-refractivity contribution is 7.44. The Hall–Kier alpha value is -4.71. The highest BCUT2D eigenvalue weighted by Gasteiger charge is 2.58. The molecule has 3 aromatic carbocycles. The summed E-state index contributed by atoms with van der Waals surface area (Å²) in [6.07, 6.45) is -2.35. The van der Waals surface area contributed by atoms with Crippen molar-refractivity contribution >= 4 is 19.7 Å². The summed E-state index contributed by atoms with van der Waals surface area (Å²) in [7, 11) is 2.92. The Kier molecular flexibility index (Phi) is 13.2. The predicted octanol–water partition coefficient (Wildman–Crippen LogP) is 6.52. The van der Waals surface area contributed by atoms with Crippen molar-refractivity contribution in [3.05, 3.63) is 108 Å². The zero-order chi connectivity index (χ0) is 40.0. The van der Waals surface area contributed by atoms with Crippen LogP contribution in [0.4, 0.5) is 0 Å². The van der Waals surface area contributed by atoms with E-state index in [1.165, 1.54) is 12.7 Å². The number of aromatic hydroxyl groups is 1. The van der Waals surface area contributed by atoms with E-state index in [0.29, 0.717) is 17.1 Å². The summed E-state index contributed by atoms with van der Waals surface area (Å²) in [6, 6.07) is 27.1. The third-order valence-electron chi connectivity index (χ3n) is 10.1. The molecule has 3 heterocycles. The van der Waals surface area contributed by atoms with Crippen LogP contribution in [0.5, 0.6) is 17.4 Å². The van der Waals surface area contributed by atoms with E-state index in [0.717, 1.165) is 16.7 Å². The SMILES string of the molecule is COc1ccc(C(c2ccccc2)(c2ccc(OC)cc2)C(O)[C@H]2O[C@@H](n3cnc4c(O)ncnc43)[C@H](OC)[C@@H]2OP(OCCC#N)N(C(C)C)C(C)C)cc1. The van der Waals surface area contributed by atoms with Crippen LogP contribution in [0.3, 0.4) is 0 Å². The zero-order valence-corrected chi connectivity index (χ0v) is 33.5. The second-order valence-electron chi connectivity index (χ2n) is 13.9. The molecule has 0 radical (unpaired) electrons. The van der Waals surface area contributed by atoms with Gasteiger partial charge in [0.05, 0.1) is 45.1 Å². The maximum Gasteiger partial charge on any atom is 0.259 e. The minimum absolute atomic E-state index is 0.00930. The molecule has 2 unspecified atom stereocenters. The molecule has 14 nitrogen and oxygen atoms in total. The summed E-state index contributed by atoms with van der Waals surface area (Å²) in [6.45, 7) is 8.35. The molecule has 0 saturated carbocycles. The van der Waals surface area contributed by atoms with Crippen molar-refractivity contribution in [3.8, 4) is 23.4 Å². The van der Waals surface area contributed by atoms with Gasteiger partial charge in [-0.3, -0.25) is 4.57 Å². The van der Waals surface area contributed by atoms with Gasteiger partial charge < -0.3 is 38.2 Å². The van der Waals surface area contributed by atoms with Gasteiger partial charge in [-0.2, -0.15) is 10.2 Å². The number of hydrogen-bond donors (Lipinski definition) is 2. The average Bonchev–Trinajstić information content (AvgIpc) is 3.80. The second kappa shape index (κ2) is 18.0. The molecule has 296 valence electrons. The summed E-state index contributed by atoms with van der Waals surface area (Å²) < 4.78 is 41.7. The number of imidazole rings is 1. The number of aliphatic hydroxyl groups excluding tert-OH is 1. The van der Waals surface area contributed by atoms with Crippen LogP contribution in [-0.2, 0) is 23.9 Å². The third-order valence-corrected chi connectivity index (χ3v) is 12.2. The Morgan fingerprint density at radius 3 is 1.98 bits per heavy atom. The molecule has 0 amide bonds. The monoisotopic (exact) mass is 784 g/mol. The van der Waals surface area contributed by atoms with Gasteiger partial charge in [-0.25, -0.2) is 14.6 Å². The minimum Gasteiger partial charge on any atom is -0.497 e. The molecule has 6 atom stereocenters. The van der Waals surface area contributed by atoms with Gasteiger partial charge in [0.2, 0.25) is 5.88 Å². The number of hydrogen-bond acceptors (Lipinski definition) is 13. The summed E-state index contributed by atoms with van der Waals surface area (Å²) in [4.78, 5) is 12.7. The van der Waals surface area contributed by atoms with Crippen LogP contribution in [0.25, 0.3) is 11.2 Å². The predicted molar refractivity (Wildman–Crippen MR) is 210 cm³/mol. The lowest BCUT2D eigenvalue weighted by molar-refractivity contribution is -0.0965. The molecule has 15 heteroatoms. The lowest BCUT2D eigenvalue weighted by atomic mass is 9.64. The maximum atomic E-state index is 13.5. The molecule has 5 aromatic rings. The van der Waals surface area contributed by atoms with Gasteiger partial charge in [-0.05, 0) is 68.7 Å². The number of aromatic nitrogens is 4. The summed E-state index contributed by atoms with van der Waals surface area (Å²) in [5, 5.41) is 33.5. The summed E-state index contributed by atoms with van der Waals surface area (Å²) in [5.74, 6) is 1.02. The van der Waals surface area contributed by atoms with Gasteiger partial charge in [0.15, 0.2) is 17.4 Å². The smallest absolute Gasteiger partial charge is 0.259 e. The van der Waals surface area contributed by atoms with Gasteiger partial charge in [0, 0.05) is 19.2 Å². The molecular weight excluding hydrogens is 735 g/mol. The first-order valence-corrected chi connectivity index (χ1v) is 19.6. The molecule has 1 fully saturated rings. The van der Waals surface area contributed by atoms with Crippen LogP contribution in [0.2, 0.25) is 0 Å². The fourth-order valence-corrected chi connectivity index (χ4v) is 9.36. The summed E-state index contributed by atoms with van der Waals surface area (Å²) >= 11 is 0. The van der Waals surface area contributed by atoms with Crippen molar-refractivity contribution in [2.75, 3.05) is 27.9 Å². The molecule has 1 saturated heterocycles. The van der Waals surface area contributed by atoms with E-state index in [1.807, 2.05) is 78.9 Å². The molecule has 0 aliphatic carbocycles. The molecule has 0 bridgehead atoms. The van der Waals surface area contributed by atoms with Gasteiger partial charge in [0.25, 0.3) is 8.53 Å². The second-order valence-corrected chi connectivity index (χ2v) is 15.3. The van der Waals surface area contributed by atoms with E-state index in [2.05, 4.69) is 53.4 Å². The molecular formula is C41H49N6O8P. The number of fused-ring (bicyclic) bond motifs is 1. The number of benzene rings is 3. The van der Waals surface area contributed by atoms with Crippen LogP contribution in [-0.4, -0.2) is 98.8 Å². The maximum absolute atomic E-state index is 13.5. The Morgan fingerprint density at radius 1 is 0.857 bits per heavy atom. The van der Waals surface area contributed by atoms with Gasteiger partial charge >= 0.3 is 0 Å². The largest absolute Gasteiger partial charge is 0.497 e. The first-order valence-electron chi connectivity index (χ1n) is 18.4. The van der Waals surface area contributed by atoms with Crippen LogP contribution >= 0.6 is 8.53 Å². The van der Waals surface area contributed by atoms with E-state index in [9.17, 15) is 15.5 Å². The van der Waals surface area contributed by atoms with Crippen LogP contribution in [0.1, 0.15) is 57.0 Å². The Labute approximate surface area is 328 Å². The highest BCUT2D eigenvalue weighted by atomic mass is 31.2. The quantitative estimate of drug-likeness (QED) is 0.0595. The van der Waals surface area contributed by atoms with Crippen molar-refractivity contribution in [2.24, 2.45) is 0 Å². The molecule has 0 spiro atoms. The Bertz CT molecular complexity index is 2010. The summed E-state index contributed by atoms with van der Waals surface area (Å²) in [5.41, 5.74) is 1.49. The lowest BCUT2D eigenvalue weighted by Crippen LogP contribution is -2.53. The van der Waals surface area contributed by atoms with Crippen molar-refractivity contribution in [1.29, 1.82) is 5.26 Å². The standard InChI is InChI=1S/C41H49N6O8P/c1-26(2)47(27(3)4)56(53-23-11-22-42)55-34-35(54-40(36(34)52-7)46-25-45-33-38(46)43-24-44-39(33)49)37(48)41(28-12-9-8-10-13-28,29-14-18-31(50-5)19-15-29)30-16-20-32(51-6)21-17-30/h8-10,12-21,24-27,34-37,40,48H,11,23H2,1-7H3,(H,43,44,49)/t34-,35+,36-,37?,40-,56?/m1/s1. The van der Waals surface area contributed by atoms with Crippen LogP contribution < -0.4 is 9.47 Å². The molecule has 2 N–H and O–H groups in total. The fourth-order valence-electron chi connectivity index (χ4n) is 7.61. The van der Waals surface area contributed by atoms with Crippen LogP contribution in [0, 0.1) is 11.3 Å². The first-order chi connectivity index (χ1) is 27.1. The van der Waals surface area contributed by atoms with E-state index < -0.39 is 44.6 Å². The van der Waals surface area contributed by atoms with Gasteiger partial charge in [-0.15, -0.1) is 0 Å². The normalized spacial score (nSPS) is 19.8. The van der Waals surface area contributed by atoms with E-state index >= 15 is 0 Å². The number of methoxy groups -OCH3 is 3. The Balaban J connectivity index is 1.59. The van der Waals surface area contributed by atoms with E-state index in [1.54, 1.807) is 25.9 Å². The molecule has 1 aliphatic heterocycles. The number of ether oxygens (including phenoxy) is 4. The average molecular weight is 785 g/mol. The van der Waals surface area contributed by atoms with Gasteiger partial charge in [0.1, 0.15) is 42.2 Å². The first kappa shape index (κ1) is 40.9. The van der Waals surface area contributed by atoms with Crippen molar-refractivity contribution in [2.45, 2.75) is 82.3 Å². The van der Waals surface area contributed by atoms with E-state index in [4.69, 9.17) is 28.0 Å². The van der Waals surface area contributed by atoms with Crippen LogP contribution in [0.15, 0.2) is 91.5 Å². The number of nitriles is 1. The third kappa shape index (κ3) is 7.81. The van der Waals surface area contributed by atoms with Crippen molar-refractivity contribution in [1.82, 2.24) is 24.2 Å². The number of aliphatic hydroxyl groups is 1. The zero-order valence-electron chi connectivity index (χ0n) is 32.6. The van der Waals surface area contributed by atoms with Crippen molar-refractivity contribution < 1.29 is 38.2 Å². The number of nitrogens with zero attached hydrogens (tertiary/aromatic N) is 6. The number of rotatable bonds is 17. The van der Waals surface area contributed by atoms with E-state index in [-0.39, 0.29) is 36.5 Å². The molecule has 1 aliphatic rings. The topological polar surface area (TPSA) is 166 Å². The lowest BCUT2D eigenvalue weighted by Gasteiger charge is -2.44. The Morgan fingerprint density at radius 2 is 1.45 bits per heavy atom. The molecule has 56 heavy (non-hydrogen) atoms. The minimum atomic E-state index is -1.85. The molecule has 6 rings (SSSR count). The fraction of sp³-hybridized carbons (Fsp3) is 0.415. The van der Waals surface area contributed by atoms with Gasteiger partial charge in [-0.1, -0.05) is 54.6 Å². The highest BCUT2D eigenvalue weighted by Crippen LogP contribution is 2.54. The molecule has 2 aromatic heterocycles. The van der Waals surface area contributed by atoms with Crippen molar-refractivity contribution in [3.63, 3.8) is 0 Å².